The zero-order chi connectivity index (χ0) is 18.0. The molecule has 0 bridgehead atoms. The predicted molar refractivity (Wildman–Crippen MR) is 98.3 cm³/mol. The minimum absolute atomic E-state index is 0.133. The molecule has 0 spiro atoms. The van der Waals surface area contributed by atoms with Crippen LogP contribution in [-0.2, 0) is 10.0 Å². The van der Waals surface area contributed by atoms with Crippen LogP contribution in [0.25, 0.3) is 0 Å². The smallest absolute Gasteiger partial charge is 0.261 e. The fourth-order valence-electron chi connectivity index (χ4n) is 2.58. The van der Waals surface area contributed by atoms with Crippen LogP contribution in [0, 0.1) is 0 Å². The first kappa shape index (κ1) is 17.5. The van der Waals surface area contributed by atoms with Gasteiger partial charge in [-0.1, -0.05) is 32.0 Å². The number of carbonyl (C=O) groups is 1. The van der Waals surface area contributed by atoms with E-state index in [0.29, 0.717) is 11.3 Å². The lowest BCUT2D eigenvalue weighted by Crippen LogP contribution is -2.25. The van der Waals surface area contributed by atoms with Gasteiger partial charge in [-0.25, -0.2) is 8.42 Å². The highest BCUT2D eigenvalue weighted by atomic mass is 32.2. The molecule has 0 heterocycles. The molecule has 1 fully saturated rings. The normalized spacial score (nSPS) is 14.4. The fraction of sp³-hybridized carbons (Fsp3) is 0.316. The largest absolute Gasteiger partial charge is 0.349 e. The van der Waals surface area contributed by atoms with Gasteiger partial charge in [0, 0.05) is 11.6 Å². The van der Waals surface area contributed by atoms with Crippen molar-refractivity contribution in [1.82, 2.24) is 5.32 Å². The van der Waals surface area contributed by atoms with Crippen molar-refractivity contribution in [2.24, 2.45) is 0 Å². The van der Waals surface area contributed by atoms with Crippen molar-refractivity contribution in [2.75, 3.05) is 4.72 Å². The van der Waals surface area contributed by atoms with Crippen LogP contribution in [0.1, 0.15) is 48.5 Å². The van der Waals surface area contributed by atoms with Crippen molar-refractivity contribution in [2.45, 2.75) is 43.5 Å². The van der Waals surface area contributed by atoms with E-state index in [1.54, 1.807) is 24.3 Å². The Kier molecular flexibility index (Phi) is 4.81. The maximum absolute atomic E-state index is 12.6. The van der Waals surface area contributed by atoms with Gasteiger partial charge in [0.25, 0.3) is 15.9 Å². The molecule has 0 saturated heterocycles. The minimum atomic E-state index is -3.70. The Hall–Kier alpha value is -2.34. The predicted octanol–water partition coefficient (Wildman–Crippen LogP) is 3.50. The standard InChI is InChI=1S/C19H22N2O3S/c1-13(2)17-5-3-4-6-18(17)21-25(23,24)16-11-7-14(8-12-16)19(22)20-15-9-10-15/h3-8,11-13,15,21H,9-10H2,1-2H3,(H,20,22). The van der Waals surface area contributed by atoms with Crippen LogP contribution >= 0.6 is 0 Å². The maximum atomic E-state index is 12.6. The third kappa shape index (κ3) is 4.20. The summed E-state index contributed by atoms with van der Waals surface area (Å²) in [6.07, 6.45) is 2.02. The molecule has 3 rings (SSSR count). The van der Waals surface area contributed by atoms with Gasteiger partial charge in [-0.3, -0.25) is 9.52 Å². The molecule has 0 atom stereocenters. The molecule has 1 saturated carbocycles. The number of carbonyl (C=O) groups excluding carboxylic acids is 1. The fourth-order valence-corrected chi connectivity index (χ4v) is 3.67. The van der Waals surface area contributed by atoms with Crippen molar-refractivity contribution in [3.05, 3.63) is 59.7 Å². The average Bonchev–Trinajstić information content (AvgIpc) is 3.39. The number of hydrogen-bond acceptors (Lipinski definition) is 3. The van der Waals surface area contributed by atoms with E-state index in [9.17, 15) is 13.2 Å². The molecule has 2 aromatic rings. The third-order valence-electron chi connectivity index (χ3n) is 4.17. The molecule has 5 nitrogen and oxygen atoms in total. The summed E-state index contributed by atoms with van der Waals surface area (Å²) in [5.41, 5.74) is 1.98. The Morgan fingerprint density at radius 2 is 1.68 bits per heavy atom. The van der Waals surface area contributed by atoms with E-state index in [1.807, 2.05) is 26.0 Å². The summed E-state index contributed by atoms with van der Waals surface area (Å²) in [6, 6.07) is 13.6. The van der Waals surface area contributed by atoms with Crippen molar-refractivity contribution in [3.8, 4) is 0 Å². The second-order valence-electron chi connectivity index (χ2n) is 6.62. The molecule has 0 unspecified atom stereocenters. The highest BCUT2D eigenvalue weighted by Crippen LogP contribution is 2.26. The molecular formula is C19H22N2O3S. The van der Waals surface area contributed by atoms with Gasteiger partial charge in [0.2, 0.25) is 0 Å². The first-order chi connectivity index (χ1) is 11.9. The second kappa shape index (κ2) is 6.88. The van der Waals surface area contributed by atoms with Crippen LogP contribution in [0.4, 0.5) is 5.69 Å². The molecule has 0 radical (unpaired) electrons. The SMILES string of the molecule is CC(C)c1ccccc1NS(=O)(=O)c1ccc(C(=O)NC2CC2)cc1. The molecule has 132 valence electrons. The van der Waals surface area contributed by atoms with Crippen molar-refractivity contribution in [3.63, 3.8) is 0 Å². The van der Waals surface area contributed by atoms with E-state index in [4.69, 9.17) is 0 Å². The van der Waals surface area contributed by atoms with Gasteiger partial charge in [-0.05, 0) is 54.7 Å². The second-order valence-corrected chi connectivity index (χ2v) is 8.30. The molecule has 1 aliphatic carbocycles. The first-order valence-electron chi connectivity index (χ1n) is 8.39. The zero-order valence-corrected chi connectivity index (χ0v) is 15.1. The third-order valence-corrected chi connectivity index (χ3v) is 5.55. The van der Waals surface area contributed by atoms with Gasteiger partial charge < -0.3 is 5.32 Å². The van der Waals surface area contributed by atoms with E-state index < -0.39 is 10.0 Å². The molecular weight excluding hydrogens is 336 g/mol. The van der Waals surface area contributed by atoms with Crippen LogP contribution in [0.2, 0.25) is 0 Å². The maximum Gasteiger partial charge on any atom is 0.261 e. The van der Waals surface area contributed by atoms with Crippen LogP contribution in [0.15, 0.2) is 53.4 Å². The number of amides is 1. The monoisotopic (exact) mass is 358 g/mol. The van der Waals surface area contributed by atoms with E-state index in [-0.39, 0.29) is 22.8 Å². The highest BCUT2D eigenvalue weighted by molar-refractivity contribution is 7.92. The van der Waals surface area contributed by atoms with Crippen molar-refractivity contribution < 1.29 is 13.2 Å². The van der Waals surface area contributed by atoms with Crippen LogP contribution in [0.5, 0.6) is 0 Å². The summed E-state index contributed by atoms with van der Waals surface area (Å²) in [5.74, 6) is 0.0388. The summed E-state index contributed by atoms with van der Waals surface area (Å²) in [6.45, 7) is 4.03. The van der Waals surface area contributed by atoms with E-state index in [1.165, 1.54) is 12.1 Å². The Balaban J connectivity index is 1.79. The van der Waals surface area contributed by atoms with Gasteiger partial charge in [0.1, 0.15) is 0 Å². The minimum Gasteiger partial charge on any atom is -0.349 e. The van der Waals surface area contributed by atoms with Crippen LogP contribution in [0.3, 0.4) is 0 Å². The number of nitrogens with one attached hydrogen (secondary N) is 2. The number of rotatable bonds is 6. The lowest BCUT2D eigenvalue weighted by Gasteiger charge is -2.15. The molecule has 1 aliphatic rings. The zero-order valence-electron chi connectivity index (χ0n) is 14.3. The Morgan fingerprint density at radius 1 is 1.04 bits per heavy atom. The molecule has 2 aromatic carbocycles. The Bertz CT molecular complexity index is 870. The number of anilines is 1. The van der Waals surface area contributed by atoms with Crippen molar-refractivity contribution >= 4 is 21.6 Å². The van der Waals surface area contributed by atoms with Gasteiger partial charge in [0.15, 0.2) is 0 Å². The Labute approximate surface area is 148 Å². The summed E-state index contributed by atoms with van der Waals surface area (Å²) in [5, 5.41) is 2.88. The van der Waals surface area contributed by atoms with Crippen LogP contribution < -0.4 is 10.0 Å². The van der Waals surface area contributed by atoms with E-state index >= 15 is 0 Å². The summed E-state index contributed by atoms with van der Waals surface area (Å²) in [7, 11) is -3.70. The Morgan fingerprint density at radius 3 is 2.28 bits per heavy atom. The van der Waals surface area contributed by atoms with Crippen LogP contribution in [-0.4, -0.2) is 20.4 Å². The number of benzene rings is 2. The van der Waals surface area contributed by atoms with Gasteiger partial charge >= 0.3 is 0 Å². The van der Waals surface area contributed by atoms with Gasteiger partial charge in [0.05, 0.1) is 10.6 Å². The van der Waals surface area contributed by atoms with E-state index in [2.05, 4.69) is 10.0 Å². The lowest BCUT2D eigenvalue weighted by molar-refractivity contribution is 0.0951. The average molecular weight is 358 g/mol. The van der Waals surface area contributed by atoms with Gasteiger partial charge in [-0.15, -0.1) is 0 Å². The first-order valence-corrected chi connectivity index (χ1v) is 9.88. The summed E-state index contributed by atoms with van der Waals surface area (Å²) < 4.78 is 27.9. The summed E-state index contributed by atoms with van der Waals surface area (Å²) in [4.78, 5) is 12.1. The summed E-state index contributed by atoms with van der Waals surface area (Å²) >= 11 is 0. The molecule has 2 N–H and O–H groups in total. The number of hydrogen-bond donors (Lipinski definition) is 2. The number of sulfonamides is 1. The molecule has 0 aromatic heterocycles. The molecule has 0 aliphatic heterocycles. The van der Waals surface area contributed by atoms with E-state index in [0.717, 1.165) is 18.4 Å². The highest BCUT2D eigenvalue weighted by Gasteiger charge is 2.24. The molecule has 1 amide bonds. The number of para-hydroxylation sites is 1. The van der Waals surface area contributed by atoms with Crippen molar-refractivity contribution in [1.29, 1.82) is 0 Å². The lowest BCUT2D eigenvalue weighted by atomic mass is 10.0. The topological polar surface area (TPSA) is 75.3 Å². The van der Waals surface area contributed by atoms with Gasteiger partial charge in [-0.2, -0.15) is 0 Å². The quantitative estimate of drug-likeness (QED) is 0.830. The molecule has 6 heteroatoms. The molecule has 25 heavy (non-hydrogen) atoms.